The highest BCUT2D eigenvalue weighted by Gasteiger charge is 2.65. The summed E-state index contributed by atoms with van der Waals surface area (Å²) in [6.07, 6.45) is -0.240. The van der Waals surface area contributed by atoms with Gasteiger partial charge < -0.3 is 10.8 Å². The fourth-order valence-corrected chi connectivity index (χ4v) is 1.87. The van der Waals surface area contributed by atoms with Gasteiger partial charge in [0.25, 0.3) is 0 Å². The summed E-state index contributed by atoms with van der Waals surface area (Å²) >= 11 is 0. The molecule has 0 fully saturated rings. The molecule has 104 valence electrons. The molecule has 3 N–H and O–H groups in total. The maximum Gasteiger partial charge on any atom is 0.320 e. The lowest BCUT2D eigenvalue weighted by Gasteiger charge is -2.40. The van der Waals surface area contributed by atoms with E-state index in [2.05, 4.69) is 0 Å². The number of carboxylic acid groups (broad SMARTS) is 1. The molecule has 1 aromatic carbocycles. The molecular weight excluding hydrogens is 281 g/mol. The Balaban J connectivity index is 2.99. The van der Waals surface area contributed by atoms with Crippen molar-refractivity contribution in [3.05, 3.63) is 29.8 Å². The third-order valence-electron chi connectivity index (χ3n) is 2.14. The minimum Gasteiger partial charge on any atom is -0.480 e. The van der Waals surface area contributed by atoms with E-state index in [1.807, 2.05) is 0 Å². The fourth-order valence-electron chi connectivity index (χ4n) is 1.22. The Labute approximate surface area is 99.1 Å². The number of hydrogen-bond acceptors (Lipinski definition) is 2. The number of carbonyl (C=O) groups is 1. The Bertz CT molecular complexity index is 469. The van der Waals surface area contributed by atoms with Crippen LogP contribution in [0.3, 0.4) is 0 Å². The molecule has 0 aliphatic rings. The second-order valence-electron chi connectivity index (χ2n) is 3.76. The van der Waals surface area contributed by atoms with Gasteiger partial charge in [0.15, 0.2) is 0 Å². The summed E-state index contributed by atoms with van der Waals surface area (Å²) in [5, 5.41) is 8.49. The molecule has 0 bridgehead atoms. The normalized spacial score (nSPS) is 17.7. The molecule has 0 spiro atoms. The molecule has 1 aromatic rings. The summed E-state index contributed by atoms with van der Waals surface area (Å²) in [5.41, 5.74) is 5.30. The van der Waals surface area contributed by atoms with E-state index in [0.29, 0.717) is 0 Å². The highest BCUT2D eigenvalue weighted by Crippen LogP contribution is 3.02. The smallest absolute Gasteiger partial charge is 0.320 e. The van der Waals surface area contributed by atoms with Crippen LogP contribution in [0.15, 0.2) is 29.2 Å². The third-order valence-corrected chi connectivity index (χ3v) is 3.30. The molecule has 0 aromatic heterocycles. The summed E-state index contributed by atoms with van der Waals surface area (Å²) in [6.45, 7) is 0. The van der Waals surface area contributed by atoms with Crippen molar-refractivity contribution in [3.63, 3.8) is 0 Å². The van der Waals surface area contributed by atoms with Gasteiger partial charge in [0.05, 0.1) is 0 Å². The Morgan fingerprint density at radius 1 is 1.17 bits per heavy atom. The lowest BCUT2D eigenvalue weighted by atomic mass is 10.1. The number of hydrogen-bond donors (Lipinski definition) is 2. The van der Waals surface area contributed by atoms with Gasteiger partial charge in [-0.05, 0) is 24.1 Å². The molecule has 3 nitrogen and oxygen atoms in total. The van der Waals surface area contributed by atoms with E-state index in [-0.39, 0.29) is 24.1 Å². The molecule has 0 saturated carbocycles. The zero-order chi connectivity index (χ0) is 14.3. The number of carboxylic acids is 1. The number of rotatable bonds is 4. The average molecular weight is 291 g/mol. The van der Waals surface area contributed by atoms with Crippen molar-refractivity contribution in [1.82, 2.24) is 0 Å². The maximum atomic E-state index is 12.4. The summed E-state index contributed by atoms with van der Waals surface area (Å²) in [4.78, 5) is 8.40. The van der Waals surface area contributed by atoms with Crippen molar-refractivity contribution >= 4 is 16.2 Å². The first kappa shape index (κ1) is 14.7. The van der Waals surface area contributed by atoms with Crippen LogP contribution in [0.2, 0.25) is 0 Å². The van der Waals surface area contributed by atoms with Crippen molar-refractivity contribution in [3.8, 4) is 0 Å². The predicted molar refractivity (Wildman–Crippen MR) is 57.2 cm³/mol. The quantitative estimate of drug-likeness (QED) is 0.837. The lowest BCUT2D eigenvalue weighted by molar-refractivity contribution is -0.138. The average Bonchev–Trinajstić information content (AvgIpc) is 2.14. The van der Waals surface area contributed by atoms with Gasteiger partial charge >= 0.3 is 16.2 Å². The van der Waals surface area contributed by atoms with Gasteiger partial charge in [0.1, 0.15) is 10.9 Å². The summed E-state index contributed by atoms with van der Waals surface area (Å²) in [7, 11) is -9.67. The second-order valence-corrected chi connectivity index (χ2v) is 6.17. The third kappa shape index (κ3) is 3.84. The van der Waals surface area contributed by atoms with E-state index in [1.54, 1.807) is 0 Å². The SMILES string of the molecule is NC(Cc1ccc(S(F)(F)(F)(F)F)cc1)C(=O)O. The van der Waals surface area contributed by atoms with Crippen LogP contribution >= 0.6 is 10.2 Å². The van der Waals surface area contributed by atoms with E-state index in [1.165, 1.54) is 0 Å². The zero-order valence-corrected chi connectivity index (χ0v) is 9.64. The highest BCUT2D eigenvalue weighted by molar-refractivity contribution is 8.45. The standard InChI is InChI=1S/C9H10F5NO2S/c10-18(11,12,13,14)7-3-1-6(2-4-7)5-8(15)9(16)17/h1-4,8H,5,15H2,(H,16,17). The van der Waals surface area contributed by atoms with Gasteiger partial charge in [0, 0.05) is 0 Å². The minimum atomic E-state index is -9.67. The van der Waals surface area contributed by atoms with Crippen molar-refractivity contribution in [2.24, 2.45) is 5.73 Å². The van der Waals surface area contributed by atoms with Gasteiger partial charge in [-0.1, -0.05) is 31.6 Å². The van der Waals surface area contributed by atoms with Crippen LogP contribution in [0.1, 0.15) is 5.56 Å². The van der Waals surface area contributed by atoms with Crippen LogP contribution in [0.5, 0.6) is 0 Å². The molecule has 0 heterocycles. The van der Waals surface area contributed by atoms with Gasteiger partial charge in [-0.15, -0.1) is 0 Å². The van der Waals surface area contributed by atoms with Crippen LogP contribution < -0.4 is 5.73 Å². The van der Waals surface area contributed by atoms with E-state index >= 15 is 0 Å². The predicted octanol–water partition coefficient (Wildman–Crippen LogP) is 3.30. The monoisotopic (exact) mass is 291 g/mol. The molecule has 0 amide bonds. The molecule has 0 radical (unpaired) electrons. The Kier molecular flexibility index (Phi) is 2.92. The summed E-state index contributed by atoms with van der Waals surface area (Å²) in [6, 6.07) is 0.735. The number of nitrogens with two attached hydrogens (primary N) is 1. The molecule has 9 heteroatoms. The molecule has 1 atom stereocenters. The number of halogens is 5. The maximum absolute atomic E-state index is 12.4. The highest BCUT2D eigenvalue weighted by atomic mass is 32.5. The van der Waals surface area contributed by atoms with Crippen LogP contribution in [0, 0.1) is 0 Å². The van der Waals surface area contributed by atoms with Gasteiger partial charge in [-0.25, -0.2) is 0 Å². The Hall–Kier alpha value is -1.35. The minimum absolute atomic E-state index is 0.135. The molecule has 1 rings (SSSR count). The molecule has 0 saturated heterocycles. The second kappa shape index (κ2) is 3.58. The largest absolute Gasteiger partial charge is 0.480 e. The van der Waals surface area contributed by atoms with Gasteiger partial charge in [-0.3, -0.25) is 4.79 Å². The van der Waals surface area contributed by atoms with Crippen LogP contribution in [0.25, 0.3) is 0 Å². The topological polar surface area (TPSA) is 63.3 Å². The van der Waals surface area contributed by atoms with E-state index in [0.717, 1.165) is 12.1 Å². The van der Waals surface area contributed by atoms with Crippen molar-refractivity contribution < 1.29 is 29.3 Å². The van der Waals surface area contributed by atoms with E-state index < -0.39 is 27.1 Å². The first-order valence-electron chi connectivity index (χ1n) is 4.61. The number of benzene rings is 1. The first-order valence-corrected chi connectivity index (χ1v) is 6.56. The van der Waals surface area contributed by atoms with Crippen molar-refractivity contribution in [1.29, 1.82) is 0 Å². The molecule has 0 aliphatic carbocycles. The van der Waals surface area contributed by atoms with Crippen LogP contribution in [-0.4, -0.2) is 17.1 Å². The molecular formula is C9H10F5NO2S. The van der Waals surface area contributed by atoms with E-state index in [9.17, 15) is 24.2 Å². The lowest BCUT2D eigenvalue weighted by Crippen LogP contribution is -2.32. The van der Waals surface area contributed by atoms with Crippen LogP contribution in [-0.2, 0) is 11.2 Å². The zero-order valence-electron chi connectivity index (χ0n) is 8.82. The molecule has 1 unspecified atom stereocenters. The van der Waals surface area contributed by atoms with E-state index in [4.69, 9.17) is 10.8 Å². The fraction of sp³-hybridized carbons (Fsp3) is 0.222. The first-order chi connectivity index (χ1) is 7.79. The van der Waals surface area contributed by atoms with Crippen molar-refractivity contribution in [2.45, 2.75) is 17.4 Å². The Morgan fingerprint density at radius 3 is 1.94 bits per heavy atom. The summed E-state index contributed by atoms with van der Waals surface area (Å²) < 4.78 is 61.8. The Morgan fingerprint density at radius 2 is 1.61 bits per heavy atom. The number of aliphatic carboxylic acids is 1. The molecule has 0 aliphatic heterocycles. The van der Waals surface area contributed by atoms with Gasteiger partial charge in [0.2, 0.25) is 0 Å². The van der Waals surface area contributed by atoms with Crippen molar-refractivity contribution in [2.75, 3.05) is 0 Å². The summed E-state index contributed by atoms with van der Waals surface area (Å²) in [5.74, 6) is -1.33. The van der Waals surface area contributed by atoms with Gasteiger partial charge in [-0.2, -0.15) is 0 Å². The molecule has 18 heavy (non-hydrogen) atoms. The van der Waals surface area contributed by atoms with Crippen LogP contribution in [0.4, 0.5) is 19.4 Å².